The number of hydrogen-bond donors (Lipinski definition) is 0. The second-order valence-corrected chi connectivity index (χ2v) is 3.51. The predicted octanol–water partition coefficient (Wildman–Crippen LogP) is 3.22. The molecule has 1 heterocycles. The number of benzene rings is 1. The lowest BCUT2D eigenvalue weighted by Gasteiger charge is -1.96. The highest BCUT2D eigenvalue weighted by atomic mass is 35.5. The second kappa shape index (κ2) is 4.82. The number of nitrogens with zero attached hydrogens (tertiary/aromatic N) is 1. The minimum Gasteiger partial charge on any atom is -0.239 e. The van der Waals surface area contributed by atoms with E-state index in [1.165, 1.54) is 0 Å². The third-order valence-corrected chi connectivity index (χ3v) is 2.22. The fourth-order valence-corrected chi connectivity index (χ4v) is 1.43. The normalized spacial score (nSPS) is 9.67. The van der Waals surface area contributed by atoms with Crippen molar-refractivity contribution in [2.75, 3.05) is 5.88 Å². The molecule has 0 N–H and O–H groups in total. The molecule has 0 atom stereocenters. The van der Waals surface area contributed by atoms with Gasteiger partial charge in [-0.3, -0.25) is 0 Å². The van der Waals surface area contributed by atoms with Crippen LogP contribution in [0.2, 0.25) is 0 Å². The number of para-hydroxylation sites is 1. The van der Waals surface area contributed by atoms with Crippen molar-refractivity contribution in [3.8, 4) is 11.8 Å². The maximum Gasteiger partial charge on any atom is 0.113 e. The molecule has 2 rings (SSSR count). The second-order valence-electron chi connectivity index (χ2n) is 3.13. The first-order valence-electron chi connectivity index (χ1n) is 4.81. The summed E-state index contributed by atoms with van der Waals surface area (Å²) in [6.07, 6.45) is 0.704. The first-order chi connectivity index (χ1) is 7.40. The molecular weight excluding hydrogens is 206 g/mol. The lowest BCUT2D eigenvalue weighted by atomic mass is 10.2. The van der Waals surface area contributed by atoms with E-state index < -0.39 is 0 Å². The lowest BCUT2D eigenvalue weighted by molar-refractivity contribution is 1.28. The highest BCUT2D eigenvalue weighted by Crippen LogP contribution is 2.10. The Hall–Kier alpha value is -1.52. The van der Waals surface area contributed by atoms with Crippen molar-refractivity contribution in [3.63, 3.8) is 0 Å². The minimum absolute atomic E-state index is 0.570. The third kappa shape index (κ3) is 2.49. The van der Waals surface area contributed by atoms with E-state index >= 15 is 0 Å². The molecule has 74 valence electrons. The highest BCUT2D eigenvalue weighted by Gasteiger charge is 1.93. The molecule has 1 nitrogen and oxygen atoms in total. The van der Waals surface area contributed by atoms with Crippen LogP contribution in [0.5, 0.6) is 0 Å². The van der Waals surface area contributed by atoms with Crippen molar-refractivity contribution in [2.45, 2.75) is 6.42 Å². The molecule has 0 amide bonds. The molecular formula is C13H10ClN. The Kier molecular flexibility index (Phi) is 3.22. The zero-order chi connectivity index (χ0) is 10.5. The van der Waals surface area contributed by atoms with Gasteiger partial charge in [0.15, 0.2) is 0 Å². The fraction of sp³-hybridized carbons (Fsp3) is 0.154. The van der Waals surface area contributed by atoms with Crippen LogP contribution in [-0.4, -0.2) is 10.9 Å². The van der Waals surface area contributed by atoms with E-state index in [9.17, 15) is 0 Å². The molecule has 2 aromatic rings. The average molecular weight is 216 g/mol. The van der Waals surface area contributed by atoms with Gasteiger partial charge < -0.3 is 0 Å². The van der Waals surface area contributed by atoms with Crippen LogP contribution in [0.4, 0.5) is 0 Å². The minimum atomic E-state index is 0.570. The Morgan fingerprint density at radius 2 is 2.00 bits per heavy atom. The maximum absolute atomic E-state index is 5.54. The molecule has 0 bridgehead atoms. The van der Waals surface area contributed by atoms with E-state index in [0.717, 1.165) is 16.6 Å². The van der Waals surface area contributed by atoms with Crippen LogP contribution in [0, 0.1) is 11.8 Å². The number of hydrogen-bond acceptors (Lipinski definition) is 1. The van der Waals surface area contributed by atoms with Crippen molar-refractivity contribution < 1.29 is 0 Å². The molecule has 0 unspecified atom stereocenters. The van der Waals surface area contributed by atoms with Crippen molar-refractivity contribution >= 4 is 22.5 Å². The van der Waals surface area contributed by atoms with Gasteiger partial charge in [-0.15, -0.1) is 11.6 Å². The molecule has 0 spiro atoms. The lowest BCUT2D eigenvalue weighted by Crippen LogP contribution is -1.83. The first-order valence-corrected chi connectivity index (χ1v) is 5.34. The van der Waals surface area contributed by atoms with Gasteiger partial charge in [-0.1, -0.05) is 30.2 Å². The quantitative estimate of drug-likeness (QED) is 0.526. The van der Waals surface area contributed by atoms with Gasteiger partial charge in [0.2, 0.25) is 0 Å². The fourth-order valence-electron chi connectivity index (χ4n) is 1.34. The van der Waals surface area contributed by atoms with Crippen LogP contribution < -0.4 is 0 Å². The van der Waals surface area contributed by atoms with Gasteiger partial charge in [-0.25, -0.2) is 4.98 Å². The largest absolute Gasteiger partial charge is 0.239 e. The standard InChI is InChI=1S/C13H10ClN/c14-10-4-3-6-12-9-8-11-5-1-2-7-13(11)15-12/h1-2,5,7-9H,4,10H2. The monoisotopic (exact) mass is 215 g/mol. The zero-order valence-corrected chi connectivity index (χ0v) is 8.96. The number of rotatable bonds is 1. The van der Waals surface area contributed by atoms with Gasteiger partial charge in [0.05, 0.1) is 5.52 Å². The van der Waals surface area contributed by atoms with Crippen LogP contribution in [-0.2, 0) is 0 Å². The SMILES string of the molecule is ClCCC#Cc1ccc2ccccc2n1. The van der Waals surface area contributed by atoms with Crippen molar-refractivity contribution in [1.29, 1.82) is 0 Å². The molecule has 0 radical (unpaired) electrons. The summed E-state index contributed by atoms with van der Waals surface area (Å²) >= 11 is 5.54. The number of aromatic nitrogens is 1. The third-order valence-electron chi connectivity index (χ3n) is 2.03. The van der Waals surface area contributed by atoms with Crippen LogP contribution in [0.3, 0.4) is 0 Å². The van der Waals surface area contributed by atoms with Gasteiger partial charge in [-0.2, -0.15) is 0 Å². The number of halogens is 1. The van der Waals surface area contributed by atoms with Crippen LogP contribution in [0.1, 0.15) is 12.1 Å². The average Bonchev–Trinajstić information content (AvgIpc) is 2.29. The Balaban J connectivity index is 2.36. The summed E-state index contributed by atoms with van der Waals surface area (Å²) in [7, 11) is 0. The van der Waals surface area contributed by atoms with E-state index in [1.54, 1.807) is 0 Å². The van der Waals surface area contributed by atoms with Crippen molar-refractivity contribution in [3.05, 3.63) is 42.1 Å². The van der Waals surface area contributed by atoms with Gasteiger partial charge in [-0.05, 0) is 18.1 Å². The highest BCUT2D eigenvalue weighted by molar-refractivity contribution is 6.18. The Morgan fingerprint density at radius 1 is 1.13 bits per heavy atom. The number of pyridine rings is 1. The summed E-state index contributed by atoms with van der Waals surface area (Å²) in [4.78, 5) is 4.43. The summed E-state index contributed by atoms with van der Waals surface area (Å²) in [6, 6.07) is 12.0. The summed E-state index contributed by atoms with van der Waals surface area (Å²) in [5, 5.41) is 1.14. The number of alkyl halides is 1. The first kappa shape index (κ1) is 10.0. The Labute approximate surface area is 94.1 Å². The van der Waals surface area contributed by atoms with Gasteiger partial charge in [0.1, 0.15) is 5.69 Å². The van der Waals surface area contributed by atoms with Crippen LogP contribution in [0.15, 0.2) is 36.4 Å². The summed E-state index contributed by atoms with van der Waals surface area (Å²) in [6.45, 7) is 0. The van der Waals surface area contributed by atoms with Crippen molar-refractivity contribution in [1.82, 2.24) is 4.98 Å². The Bertz CT molecular complexity index is 523. The predicted molar refractivity (Wildman–Crippen MR) is 64.0 cm³/mol. The molecule has 0 saturated carbocycles. The van der Waals surface area contributed by atoms with E-state index in [2.05, 4.69) is 16.8 Å². The van der Waals surface area contributed by atoms with Crippen LogP contribution in [0.25, 0.3) is 10.9 Å². The van der Waals surface area contributed by atoms with E-state index in [1.807, 2.05) is 36.4 Å². The molecule has 2 heteroatoms. The van der Waals surface area contributed by atoms with Gasteiger partial charge in [0, 0.05) is 17.7 Å². The van der Waals surface area contributed by atoms with Gasteiger partial charge >= 0.3 is 0 Å². The Morgan fingerprint density at radius 3 is 2.87 bits per heavy atom. The van der Waals surface area contributed by atoms with Crippen molar-refractivity contribution in [2.24, 2.45) is 0 Å². The zero-order valence-electron chi connectivity index (χ0n) is 8.20. The molecule has 0 saturated heterocycles. The topological polar surface area (TPSA) is 12.9 Å². The molecule has 0 fully saturated rings. The van der Waals surface area contributed by atoms with Crippen LogP contribution >= 0.6 is 11.6 Å². The molecule has 1 aromatic carbocycles. The molecule has 1 aromatic heterocycles. The molecule has 0 aliphatic rings. The van der Waals surface area contributed by atoms with E-state index in [-0.39, 0.29) is 0 Å². The molecule has 0 aliphatic heterocycles. The van der Waals surface area contributed by atoms with E-state index in [4.69, 9.17) is 11.6 Å². The smallest absolute Gasteiger partial charge is 0.113 e. The summed E-state index contributed by atoms with van der Waals surface area (Å²) in [5.41, 5.74) is 1.79. The molecule has 0 aliphatic carbocycles. The number of fused-ring (bicyclic) bond motifs is 1. The summed E-state index contributed by atoms with van der Waals surface area (Å²) in [5.74, 6) is 6.53. The molecule has 15 heavy (non-hydrogen) atoms. The van der Waals surface area contributed by atoms with Gasteiger partial charge in [0.25, 0.3) is 0 Å². The van der Waals surface area contributed by atoms with E-state index in [0.29, 0.717) is 12.3 Å². The summed E-state index contributed by atoms with van der Waals surface area (Å²) < 4.78 is 0. The maximum atomic E-state index is 5.54.